The molecule has 2 amide bonds. The molecule has 3 heterocycles. The number of nitrogens with two attached hydrogens (primary N) is 1. The summed E-state index contributed by atoms with van der Waals surface area (Å²) in [5.41, 5.74) is 5.63. The lowest BCUT2D eigenvalue weighted by molar-refractivity contribution is 0.0853. The Morgan fingerprint density at radius 1 is 1.17 bits per heavy atom. The van der Waals surface area contributed by atoms with Gasteiger partial charge in [-0.1, -0.05) is 6.42 Å². The zero-order chi connectivity index (χ0) is 21.4. The van der Waals surface area contributed by atoms with Crippen molar-refractivity contribution in [2.75, 3.05) is 5.32 Å². The number of nitrogens with one attached hydrogen (secondary N) is 1. The molecule has 4 rings (SSSR count). The monoisotopic (exact) mass is 413 g/mol. The Kier molecular flexibility index (Phi) is 5.34. The third kappa shape index (κ3) is 3.82. The number of anilines is 1. The molecule has 7 nitrogen and oxygen atoms in total. The molecule has 158 valence electrons. The van der Waals surface area contributed by atoms with E-state index in [4.69, 9.17) is 14.6 Å². The van der Waals surface area contributed by atoms with Gasteiger partial charge in [-0.3, -0.25) is 14.5 Å². The summed E-state index contributed by atoms with van der Waals surface area (Å²) >= 11 is 0. The molecule has 1 aliphatic rings. The molecular formula is C22H24FN3O4. The molecule has 8 heteroatoms. The summed E-state index contributed by atoms with van der Waals surface area (Å²) in [6, 6.07) is 7.99. The van der Waals surface area contributed by atoms with Crippen LogP contribution in [0.25, 0.3) is 11.0 Å². The minimum atomic E-state index is -0.866. The van der Waals surface area contributed by atoms with Crippen molar-refractivity contribution in [3.63, 3.8) is 0 Å². The second kappa shape index (κ2) is 7.95. The molecular weight excluding hydrogens is 389 g/mol. The van der Waals surface area contributed by atoms with E-state index < -0.39 is 17.6 Å². The summed E-state index contributed by atoms with van der Waals surface area (Å²) in [7, 11) is 0. The summed E-state index contributed by atoms with van der Waals surface area (Å²) in [5.74, 6) is -1.44. The molecule has 2 unspecified atom stereocenters. The van der Waals surface area contributed by atoms with Gasteiger partial charge >= 0.3 is 0 Å². The van der Waals surface area contributed by atoms with Crippen molar-refractivity contribution in [2.24, 2.45) is 5.73 Å². The number of halogens is 1. The highest BCUT2D eigenvalue weighted by Gasteiger charge is 2.26. The Bertz CT molecular complexity index is 1090. The van der Waals surface area contributed by atoms with E-state index in [2.05, 4.69) is 24.1 Å². The SMILES string of the molecule is CC1CCCC(C)N1Cc1ccc(C(=O)Nc2c(C(N)=O)oc3ccc(F)cc23)o1. The van der Waals surface area contributed by atoms with E-state index in [1.54, 1.807) is 12.1 Å². The molecule has 3 aromatic rings. The van der Waals surface area contributed by atoms with Crippen LogP contribution in [0.15, 0.2) is 39.2 Å². The average molecular weight is 413 g/mol. The number of carbonyl (C=O) groups is 2. The predicted molar refractivity (Wildman–Crippen MR) is 110 cm³/mol. The van der Waals surface area contributed by atoms with Crippen molar-refractivity contribution in [2.45, 2.75) is 51.7 Å². The van der Waals surface area contributed by atoms with Crippen molar-refractivity contribution in [3.05, 3.63) is 53.4 Å². The molecule has 3 N–H and O–H groups in total. The number of furan rings is 2. The molecule has 0 aliphatic carbocycles. The van der Waals surface area contributed by atoms with Gasteiger partial charge in [0.05, 0.1) is 6.54 Å². The van der Waals surface area contributed by atoms with Crippen LogP contribution in [-0.2, 0) is 6.54 Å². The Hall–Kier alpha value is -3.13. The first kappa shape index (κ1) is 20.2. The Morgan fingerprint density at radius 3 is 2.60 bits per heavy atom. The van der Waals surface area contributed by atoms with E-state index in [1.165, 1.54) is 24.6 Å². The van der Waals surface area contributed by atoms with Gasteiger partial charge in [-0.25, -0.2) is 4.39 Å². The van der Waals surface area contributed by atoms with Crippen LogP contribution in [-0.4, -0.2) is 28.8 Å². The quantitative estimate of drug-likeness (QED) is 0.650. The van der Waals surface area contributed by atoms with E-state index >= 15 is 0 Å². The zero-order valence-electron chi connectivity index (χ0n) is 16.9. The highest BCUT2D eigenvalue weighted by Crippen LogP contribution is 2.32. The highest BCUT2D eigenvalue weighted by molar-refractivity contribution is 6.13. The maximum Gasteiger partial charge on any atom is 0.291 e. The van der Waals surface area contributed by atoms with Crippen LogP contribution < -0.4 is 11.1 Å². The first-order chi connectivity index (χ1) is 14.3. The molecule has 1 aromatic carbocycles. The minimum Gasteiger partial charge on any atom is -0.455 e. The number of fused-ring (bicyclic) bond motifs is 1. The molecule has 0 spiro atoms. The summed E-state index contributed by atoms with van der Waals surface area (Å²) in [5, 5.41) is 2.84. The number of rotatable bonds is 5. The van der Waals surface area contributed by atoms with Gasteiger partial charge in [-0.2, -0.15) is 0 Å². The molecule has 0 bridgehead atoms. The number of primary amides is 1. The van der Waals surface area contributed by atoms with Crippen molar-refractivity contribution in [3.8, 4) is 0 Å². The van der Waals surface area contributed by atoms with Crippen LogP contribution in [0.4, 0.5) is 10.1 Å². The van der Waals surface area contributed by atoms with E-state index in [0.717, 1.165) is 12.8 Å². The number of nitrogens with zero attached hydrogens (tertiary/aromatic N) is 1. The normalized spacial score (nSPS) is 19.8. The van der Waals surface area contributed by atoms with Gasteiger partial charge in [0.1, 0.15) is 22.8 Å². The second-order valence-electron chi connectivity index (χ2n) is 7.83. The average Bonchev–Trinajstić information content (AvgIpc) is 3.30. The van der Waals surface area contributed by atoms with E-state index in [0.29, 0.717) is 24.4 Å². The van der Waals surface area contributed by atoms with Crippen LogP contribution in [0.5, 0.6) is 0 Å². The van der Waals surface area contributed by atoms with Gasteiger partial charge < -0.3 is 19.9 Å². The van der Waals surface area contributed by atoms with Gasteiger partial charge in [0.25, 0.3) is 11.8 Å². The van der Waals surface area contributed by atoms with Crippen LogP contribution in [0.1, 0.15) is 60.0 Å². The van der Waals surface area contributed by atoms with Crippen molar-refractivity contribution in [1.29, 1.82) is 0 Å². The summed E-state index contributed by atoms with van der Waals surface area (Å²) in [4.78, 5) is 26.8. The van der Waals surface area contributed by atoms with E-state index in [9.17, 15) is 14.0 Å². The number of likely N-dealkylation sites (tertiary alicyclic amines) is 1. The molecule has 2 atom stereocenters. The zero-order valence-corrected chi connectivity index (χ0v) is 16.9. The number of hydrogen-bond acceptors (Lipinski definition) is 5. The minimum absolute atomic E-state index is 0.0261. The fourth-order valence-electron chi connectivity index (χ4n) is 4.09. The van der Waals surface area contributed by atoms with Crippen molar-refractivity contribution < 1.29 is 22.8 Å². The van der Waals surface area contributed by atoms with Crippen LogP contribution in [0, 0.1) is 5.82 Å². The topological polar surface area (TPSA) is 102 Å². The summed E-state index contributed by atoms with van der Waals surface area (Å²) in [6.07, 6.45) is 3.49. The first-order valence-corrected chi connectivity index (χ1v) is 10.0. The smallest absolute Gasteiger partial charge is 0.291 e. The first-order valence-electron chi connectivity index (χ1n) is 10.0. The number of carbonyl (C=O) groups excluding carboxylic acids is 2. The van der Waals surface area contributed by atoms with Crippen LogP contribution in [0.3, 0.4) is 0 Å². The van der Waals surface area contributed by atoms with Crippen LogP contribution in [0.2, 0.25) is 0 Å². The largest absolute Gasteiger partial charge is 0.455 e. The number of benzene rings is 1. The summed E-state index contributed by atoms with van der Waals surface area (Å²) in [6.45, 7) is 5.00. The maximum atomic E-state index is 13.7. The molecule has 30 heavy (non-hydrogen) atoms. The third-order valence-corrected chi connectivity index (χ3v) is 5.71. The van der Waals surface area contributed by atoms with Gasteiger partial charge in [0.2, 0.25) is 5.76 Å². The molecule has 1 fully saturated rings. The van der Waals surface area contributed by atoms with Gasteiger partial charge in [0.15, 0.2) is 5.76 Å². The fraction of sp³-hybridized carbons (Fsp3) is 0.364. The van der Waals surface area contributed by atoms with Crippen molar-refractivity contribution >= 4 is 28.5 Å². The fourth-order valence-corrected chi connectivity index (χ4v) is 4.09. The Labute approximate surface area is 173 Å². The van der Waals surface area contributed by atoms with Crippen molar-refractivity contribution in [1.82, 2.24) is 4.90 Å². The molecule has 0 radical (unpaired) electrons. The van der Waals surface area contributed by atoms with E-state index in [1.807, 2.05) is 0 Å². The van der Waals surface area contributed by atoms with Gasteiger partial charge in [0, 0.05) is 17.5 Å². The van der Waals surface area contributed by atoms with Gasteiger partial charge in [-0.15, -0.1) is 0 Å². The highest BCUT2D eigenvalue weighted by atomic mass is 19.1. The molecule has 2 aromatic heterocycles. The summed E-state index contributed by atoms with van der Waals surface area (Å²) < 4.78 is 24.8. The molecule has 0 saturated carbocycles. The van der Waals surface area contributed by atoms with Gasteiger partial charge in [-0.05, 0) is 57.0 Å². The lowest BCUT2D eigenvalue weighted by Gasteiger charge is -2.38. The predicted octanol–water partition coefficient (Wildman–Crippen LogP) is 4.28. The number of hydrogen-bond donors (Lipinski definition) is 2. The maximum absolute atomic E-state index is 13.7. The van der Waals surface area contributed by atoms with Crippen LogP contribution >= 0.6 is 0 Å². The Balaban J connectivity index is 1.56. The number of amides is 2. The number of piperidine rings is 1. The Morgan fingerprint density at radius 2 is 1.90 bits per heavy atom. The lowest BCUT2D eigenvalue weighted by Crippen LogP contribution is -2.42. The molecule has 1 saturated heterocycles. The van der Waals surface area contributed by atoms with E-state index in [-0.39, 0.29) is 28.2 Å². The standard InChI is InChI=1S/C22H24FN3O4/c1-12-4-3-5-13(2)26(12)11-15-7-9-18(29-15)22(28)25-19-16-10-14(23)6-8-17(16)30-20(19)21(24)27/h6-10,12-13H,3-5,11H2,1-2H3,(H2,24,27)(H,25,28). The lowest BCUT2D eigenvalue weighted by atomic mass is 9.97. The third-order valence-electron chi connectivity index (χ3n) is 5.71. The molecule has 1 aliphatic heterocycles. The second-order valence-corrected chi connectivity index (χ2v) is 7.83.